The second-order valence-corrected chi connectivity index (χ2v) is 8.36. The first-order valence-corrected chi connectivity index (χ1v) is 10.3. The minimum Gasteiger partial charge on any atom is -0.326 e. The van der Waals surface area contributed by atoms with Crippen LogP contribution in [0, 0.1) is 5.92 Å². The van der Waals surface area contributed by atoms with Gasteiger partial charge >= 0.3 is 0 Å². The molecule has 1 aromatic carbocycles. The van der Waals surface area contributed by atoms with Crippen molar-refractivity contribution in [1.29, 1.82) is 0 Å². The fourth-order valence-corrected chi connectivity index (χ4v) is 4.08. The summed E-state index contributed by atoms with van der Waals surface area (Å²) >= 11 is 0. The molecule has 0 saturated heterocycles. The van der Waals surface area contributed by atoms with E-state index >= 15 is 0 Å². The van der Waals surface area contributed by atoms with Crippen molar-refractivity contribution in [3.05, 3.63) is 54.1 Å². The average Bonchev–Trinajstić information content (AvgIpc) is 3.25. The Hall–Kier alpha value is -3.03. The largest absolute Gasteiger partial charge is 0.326 e. The fraction of sp³-hybridized carbons (Fsp3) is 0.476. The highest BCUT2D eigenvalue weighted by Crippen LogP contribution is 2.40. The highest BCUT2D eigenvalue weighted by Gasteiger charge is 2.37. The summed E-state index contributed by atoms with van der Waals surface area (Å²) in [5, 5.41) is 12.5. The lowest BCUT2D eigenvalue weighted by Crippen LogP contribution is -2.43. The summed E-state index contributed by atoms with van der Waals surface area (Å²) in [6, 6.07) is 7.55. The van der Waals surface area contributed by atoms with Gasteiger partial charge in [-0.2, -0.15) is 5.10 Å². The number of hydrogen-bond donors (Lipinski definition) is 0. The minimum absolute atomic E-state index is 0.0159. The summed E-state index contributed by atoms with van der Waals surface area (Å²) < 4.78 is 3.80. The second kappa shape index (κ2) is 7.09. The Kier molecular flexibility index (Phi) is 4.41. The molecule has 3 aromatic rings. The molecule has 3 heterocycles. The van der Waals surface area contributed by atoms with Gasteiger partial charge in [0.15, 0.2) is 5.82 Å². The van der Waals surface area contributed by atoms with E-state index in [4.69, 9.17) is 10.1 Å². The summed E-state index contributed by atoms with van der Waals surface area (Å²) in [5.41, 5.74) is 1.44. The van der Waals surface area contributed by atoms with Gasteiger partial charge in [0.2, 0.25) is 0 Å². The molecule has 8 nitrogen and oxygen atoms in total. The zero-order chi connectivity index (χ0) is 20.0. The van der Waals surface area contributed by atoms with Crippen LogP contribution >= 0.6 is 0 Å². The van der Waals surface area contributed by atoms with Crippen molar-refractivity contribution in [3.8, 4) is 5.69 Å². The fourth-order valence-electron chi connectivity index (χ4n) is 4.08. The van der Waals surface area contributed by atoms with Gasteiger partial charge in [0.25, 0.3) is 5.91 Å². The van der Waals surface area contributed by atoms with E-state index in [1.54, 1.807) is 17.2 Å². The van der Waals surface area contributed by atoms with Gasteiger partial charge in [-0.25, -0.2) is 9.67 Å². The van der Waals surface area contributed by atoms with Gasteiger partial charge in [0.05, 0.1) is 23.8 Å². The number of aromatic nitrogens is 6. The lowest BCUT2D eigenvalue weighted by Gasteiger charge is -2.36. The number of hydrogen-bond acceptors (Lipinski definition) is 5. The quantitative estimate of drug-likeness (QED) is 0.668. The predicted octanol–water partition coefficient (Wildman–Crippen LogP) is 2.98. The number of amides is 1. The van der Waals surface area contributed by atoms with E-state index in [1.807, 2.05) is 33.8 Å². The molecule has 1 saturated carbocycles. The van der Waals surface area contributed by atoms with Crippen LogP contribution in [-0.4, -0.2) is 46.9 Å². The SMILES string of the molecule is CC(C)C[C@H]1c2nc(C3CC3)nn2CCN1C(=O)c1ccccc1-n1cnnc1. The highest BCUT2D eigenvalue weighted by atomic mass is 16.2. The van der Waals surface area contributed by atoms with Gasteiger partial charge in [-0.3, -0.25) is 9.36 Å². The third-order valence-corrected chi connectivity index (χ3v) is 5.67. The standard InChI is InChI=1S/C21H25N7O/c1-14(2)11-18-20-24-19(15-7-8-15)25-28(20)10-9-27(18)21(29)16-5-3-4-6-17(16)26-12-22-23-13-26/h3-6,12-15,18H,7-11H2,1-2H3/t18-/m0/s1. The molecule has 150 valence electrons. The van der Waals surface area contributed by atoms with Crippen LogP contribution in [0.2, 0.25) is 0 Å². The molecule has 8 heteroatoms. The monoisotopic (exact) mass is 391 g/mol. The summed E-state index contributed by atoms with van der Waals surface area (Å²) in [7, 11) is 0. The van der Waals surface area contributed by atoms with Crippen molar-refractivity contribution in [1.82, 2.24) is 34.4 Å². The maximum atomic E-state index is 13.7. The van der Waals surface area contributed by atoms with Crippen LogP contribution in [0.25, 0.3) is 5.69 Å². The van der Waals surface area contributed by atoms with Crippen molar-refractivity contribution in [2.45, 2.75) is 51.6 Å². The maximum absolute atomic E-state index is 13.7. The molecule has 0 N–H and O–H groups in total. The molecule has 5 rings (SSSR count). The number of carbonyl (C=O) groups excluding carboxylic acids is 1. The topological polar surface area (TPSA) is 81.7 Å². The number of nitrogens with zero attached hydrogens (tertiary/aromatic N) is 7. The Morgan fingerprint density at radius 1 is 1.14 bits per heavy atom. The van der Waals surface area contributed by atoms with Crippen LogP contribution in [-0.2, 0) is 6.54 Å². The van der Waals surface area contributed by atoms with Crippen molar-refractivity contribution in [2.75, 3.05) is 6.54 Å². The molecule has 1 fully saturated rings. The van der Waals surface area contributed by atoms with Crippen LogP contribution in [0.1, 0.15) is 67.1 Å². The van der Waals surface area contributed by atoms with Crippen LogP contribution in [0.15, 0.2) is 36.9 Å². The van der Waals surface area contributed by atoms with Crippen molar-refractivity contribution in [3.63, 3.8) is 0 Å². The molecule has 29 heavy (non-hydrogen) atoms. The van der Waals surface area contributed by atoms with E-state index in [-0.39, 0.29) is 11.9 Å². The molecule has 0 unspecified atom stereocenters. The lowest BCUT2D eigenvalue weighted by molar-refractivity contribution is 0.0578. The van der Waals surface area contributed by atoms with Gasteiger partial charge in [-0.15, -0.1) is 10.2 Å². The molecule has 1 amide bonds. The zero-order valence-electron chi connectivity index (χ0n) is 16.8. The van der Waals surface area contributed by atoms with Gasteiger partial charge < -0.3 is 4.90 Å². The maximum Gasteiger partial charge on any atom is 0.256 e. The van der Waals surface area contributed by atoms with E-state index < -0.39 is 0 Å². The number of carbonyl (C=O) groups is 1. The molecule has 1 aliphatic carbocycles. The Bertz CT molecular complexity index is 1020. The molecule has 1 aliphatic heterocycles. The third kappa shape index (κ3) is 3.32. The summed E-state index contributed by atoms with van der Waals surface area (Å²) in [6.07, 6.45) is 6.45. The Morgan fingerprint density at radius 2 is 1.90 bits per heavy atom. The van der Waals surface area contributed by atoms with E-state index in [9.17, 15) is 4.79 Å². The first-order valence-electron chi connectivity index (χ1n) is 10.3. The Balaban J connectivity index is 1.52. The number of para-hydroxylation sites is 1. The Labute approximate surface area is 169 Å². The second-order valence-electron chi connectivity index (χ2n) is 8.36. The molecular weight excluding hydrogens is 366 g/mol. The van der Waals surface area contributed by atoms with Crippen molar-refractivity contribution in [2.24, 2.45) is 5.92 Å². The van der Waals surface area contributed by atoms with Crippen molar-refractivity contribution >= 4 is 5.91 Å². The van der Waals surface area contributed by atoms with E-state index in [2.05, 4.69) is 24.0 Å². The van der Waals surface area contributed by atoms with E-state index in [1.165, 1.54) is 12.8 Å². The highest BCUT2D eigenvalue weighted by molar-refractivity contribution is 5.98. The first-order chi connectivity index (χ1) is 14.1. The lowest BCUT2D eigenvalue weighted by atomic mass is 9.99. The number of fused-ring (bicyclic) bond motifs is 1. The predicted molar refractivity (Wildman–Crippen MR) is 107 cm³/mol. The third-order valence-electron chi connectivity index (χ3n) is 5.67. The zero-order valence-corrected chi connectivity index (χ0v) is 16.8. The van der Waals surface area contributed by atoms with Crippen LogP contribution in [0.4, 0.5) is 0 Å². The summed E-state index contributed by atoms with van der Waals surface area (Å²) in [6.45, 7) is 5.69. The van der Waals surface area contributed by atoms with E-state index in [0.29, 0.717) is 30.5 Å². The van der Waals surface area contributed by atoms with Crippen LogP contribution in [0.5, 0.6) is 0 Å². The Morgan fingerprint density at radius 3 is 2.62 bits per heavy atom. The smallest absolute Gasteiger partial charge is 0.256 e. The average molecular weight is 391 g/mol. The molecule has 0 bridgehead atoms. The molecular formula is C21H25N7O. The normalized spacial score (nSPS) is 18.9. The molecule has 2 aliphatic rings. The number of rotatable bonds is 5. The van der Waals surface area contributed by atoms with Crippen LogP contribution < -0.4 is 0 Å². The van der Waals surface area contributed by atoms with Gasteiger partial charge in [-0.05, 0) is 37.3 Å². The molecule has 2 aromatic heterocycles. The first kappa shape index (κ1) is 18.0. The van der Waals surface area contributed by atoms with Gasteiger partial charge in [0, 0.05) is 12.5 Å². The molecule has 1 atom stereocenters. The summed E-state index contributed by atoms with van der Waals surface area (Å²) in [4.78, 5) is 20.5. The van der Waals surface area contributed by atoms with Gasteiger partial charge in [0.1, 0.15) is 18.5 Å². The minimum atomic E-state index is -0.0646. The van der Waals surface area contributed by atoms with Crippen molar-refractivity contribution < 1.29 is 4.79 Å². The molecule has 0 spiro atoms. The number of benzene rings is 1. The molecule has 0 radical (unpaired) electrons. The van der Waals surface area contributed by atoms with Gasteiger partial charge in [-0.1, -0.05) is 26.0 Å². The van der Waals surface area contributed by atoms with E-state index in [0.717, 1.165) is 23.8 Å². The summed E-state index contributed by atoms with van der Waals surface area (Å²) in [5.74, 6) is 2.85. The van der Waals surface area contributed by atoms with Crippen LogP contribution in [0.3, 0.4) is 0 Å².